The van der Waals surface area contributed by atoms with Crippen LogP contribution in [-0.2, 0) is 4.79 Å². The highest BCUT2D eigenvalue weighted by molar-refractivity contribution is 9.10. The molecule has 1 amide bonds. The minimum Gasteiger partial charge on any atom is -0.368 e. The third-order valence-corrected chi connectivity index (χ3v) is 2.25. The van der Waals surface area contributed by atoms with Crippen molar-refractivity contribution in [3.05, 3.63) is 21.2 Å². The SMILES string of the molecule is CN(CC(N)=O)c1nc[nH]c(=O)c1Br. The maximum absolute atomic E-state index is 11.1. The highest BCUT2D eigenvalue weighted by Crippen LogP contribution is 2.16. The number of aromatic nitrogens is 2. The molecular weight excluding hydrogens is 252 g/mol. The van der Waals surface area contributed by atoms with Crippen LogP contribution >= 0.6 is 15.9 Å². The van der Waals surface area contributed by atoms with Gasteiger partial charge in [0.2, 0.25) is 5.91 Å². The topological polar surface area (TPSA) is 92.1 Å². The smallest absolute Gasteiger partial charge is 0.267 e. The largest absolute Gasteiger partial charge is 0.368 e. The Balaban J connectivity index is 3.01. The average Bonchev–Trinajstić information content (AvgIpc) is 2.08. The maximum atomic E-state index is 11.1. The van der Waals surface area contributed by atoms with Crippen molar-refractivity contribution in [3.8, 4) is 0 Å². The number of primary amides is 1. The first-order valence-electron chi connectivity index (χ1n) is 3.75. The predicted molar refractivity (Wildman–Crippen MR) is 55.0 cm³/mol. The van der Waals surface area contributed by atoms with Crippen molar-refractivity contribution in [2.45, 2.75) is 0 Å². The molecule has 1 heterocycles. The summed E-state index contributed by atoms with van der Waals surface area (Å²) in [4.78, 5) is 29.6. The van der Waals surface area contributed by atoms with Gasteiger partial charge in [-0.15, -0.1) is 0 Å². The second-order valence-corrected chi connectivity index (χ2v) is 3.48. The first-order chi connectivity index (χ1) is 6.52. The van der Waals surface area contributed by atoms with Crippen LogP contribution in [0.25, 0.3) is 0 Å². The van der Waals surface area contributed by atoms with Crippen molar-refractivity contribution in [2.75, 3.05) is 18.5 Å². The lowest BCUT2D eigenvalue weighted by Crippen LogP contribution is -2.32. The quantitative estimate of drug-likeness (QED) is 0.763. The van der Waals surface area contributed by atoms with Crippen molar-refractivity contribution in [3.63, 3.8) is 0 Å². The molecule has 0 aliphatic rings. The van der Waals surface area contributed by atoms with Crippen LogP contribution in [0.3, 0.4) is 0 Å². The summed E-state index contributed by atoms with van der Waals surface area (Å²) in [5.41, 5.74) is 4.71. The molecule has 3 N–H and O–H groups in total. The van der Waals surface area contributed by atoms with Crippen molar-refractivity contribution in [1.29, 1.82) is 0 Å². The Morgan fingerprint density at radius 2 is 2.43 bits per heavy atom. The van der Waals surface area contributed by atoms with Crippen molar-refractivity contribution in [1.82, 2.24) is 9.97 Å². The summed E-state index contributed by atoms with van der Waals surface area (Å²) in [5.74, 6) is -0.103. The Labute approximate surface area is 88.3 Å². The number of nitrogens with two attached hydrogens (primary N) is 1. The van der Waals surface area contributed by atoms with Gasteiger partial charge in [-0.05, 0) is 15.9 Å². The molecule has 0 unspecified atom stereocenters. The van der Waals surface area contributed by atoms with Crippen LogP contribution < -0.4 is 16.2 Å². The molecule has 0 atom stereocenters. The molecule has 1 rings (SSSR count). The highest BCUT2D eigenvalue weighted by atomic mass is 79.9. The molecular formula is C7H9BrN4O2. The number of nitrogens with one attached hydrogen (secondary N) is 1. The first kappa shape index (κ1) is 10.7. The molecule has 14 heavy (non-hydrogen) atoms. The summed E-state index contributed by atoms with van der Waals surface area (Å²) in [6, 6.07) is 0. The van der Waals surface area contributed by atoms with Crippen molar-refractivity contribution >= 4 is 27.7 Å². The van der Waals surface area contributed by atoms with Crippen LogP contribution in [0.5, 0.6) is 0 Å². The minimum absolute atomic E-state index is 0.00898. The predicted octanol–water partition coefficient (Wildman–Crippen LogP) is -0.546. The van der Waals surface area contributed by atoms with Crippen LogP contribution in [0.4, 0.5) is 5.82 Å². The average molecular weight is 261 g/mol. The van der Waals surface area contributed by atoms with E-state index in [1.807, 2.05) is 0 Å². The van der Waals surface area contributed by atoms with Crippen LogP contribution in [0, 0.1) is 0 Å². The van der Waals surface area contributed by atoms with Gasteiger partial charge in [0.1, 0.15) is 4.47 Å². The number of anilines is 1. The lowest BCUT2D eigenvalue weighted by Gasteiger charge is -2.16. The minimum atomic E-state index is -0.485. The summed E-state index contributed by atoms with van der Waals surface area (Å²) in [7, 11) is 1.62. The van der Waals surface area contributed by atoms with Gasteiger partial charge in [0, 0.05) is 7.05 Å². The number of carbonyl (C=O) groups excluding carboxylic acids is 1. The molecule has 0 saturated carbocycles. The number of aromatic amines is 1. The number of likely N-dealkylation sites (N-methyl/N-ethyl adjacent to an activating group) is 1. The number of carbonyl (C=O) groups is 1. The molecule has 0 aliphatic carbocycles. The van der Waals surface area contributed by atoms with E-state index in [2.05, 4.69) is 25.9 Å². The lowest BCUT2D eigenvalue weighted by atomic mass is 10.5. The second-order valence-electron chi connectivity index (χ2n) is 2.69. The van der Waals surface area contributed by atoms with Crippen LogP contribution in [0.15, 0.2) is 15.6 Å². The molecule has 1 aromatic rings. The summed E-state index contributed by atoms with van der Waals surface area (Å²) in [6.45, 7) is 0.00898. The number of nitrogens with zero attached hydrogens (tertiary/aromatic N) is 2. The third kappa shape index (κ3) is 2.32. The zero-order valence-electron chi connectivity index (χ0n) is 7.45. The van der Waals surface area contributed by atoms with Gasteiger partial charge in [-0.2, -0.15) is 0 Å². The molecule has 6 nitrogen and oxygen atoms in total. The van der Waals surface area contributed by atoms with Gasteiger partial charge in [-0.25, -0.2) is 4.98 Å². The zero-order valence-corrected chi connectivity index (χ0v) is 9.04. The van der Waals surface area contributed by atoms with E-state index in [0.717, 1.165) is 0 Å². The Morgan fingerprint density at radius 1 is 1.79 bits per heavy atom. The van der Waals surface area contributed by atoms with Gasteiger partial charge in [0.15, 0.2) is 5.82 Å². The summed E-state index contributed by atoms with van der Waals surface area (Å²) in [5, 5.41) is 0. The van der Waals surface area contributed by atoms with E-state index in [0.29, 0.717) is 5.82 Å². The molecule has 0 radical (unpaired) electrons. The van der Waals surface area contributed by atoms with Crippen LogP contribution in [0.2, 0.25) is 0 Å². The molecule has 7 heteroatoms. The van der Waals surface area contributed by atoms with E-state index >= 15 is 0 Å². The van der Waals surface area contributed by atoms with E-state index in [4.69, 9.17) is 5.73 Å². The van der Waals surface area contributed by atoms with E-state index in [1.165, 1.54) is 11.2 Å². The Morgan fingerprint density at radius 3 is 3.00 bits per heavy atom. The number of hydrogen-bond acceptors (Lipinski definition) is 4. The van der Waals surface area contributed by atoms with E-state index in [9.17, 15) is 9.59 Å². The van der Waals surface area contributed by atoms with E-state index < -0.39 is 5.91 Å². The number of halogens is 1. The van der Waals surface area contributed by atoms with Gasteiger partial charge in [-0.3, -0.25) is 9.59 Å². The molecule has 0 bridgehead atoms. The fraction of sp³-hybridized carbons (Fsp3) is 0.286. The summed E-state index contributed by atoms with van der Waals surface area (Å²) < 4.78 is 0.281. The molecule has 0 saturated heterocycles. The Hall–Kier alpha value is -1.37. The van der Waals surface area contributed by atoms with Gasteiger partial charge in [-0.1, -0.05) is 0 Å². The standard InChI is InChI=1S/C7H9BrN4O2/c1-12(2-4(9)13)6-5(8)7(14)11-3-10-6/h3H,2H2,1H3,(H2,9,13)(H,10,11,14). The van der Waals surface area contributed by atoms with Crippen LogP contribution in [-0.4, -0.2) is 29.5 Å². The molecule has 76 valence electrons. The van der Waals surface area contributed by atoms with E-state index in [1.54, 1.807) is 7.05 Å². The van der Waals surface area contributed by atoms with Crippen molar-refractivity contribution in [2.24, 2.45) is 5.73 Å². The lowest BCUT2D eigenvalue weighted by molar-refractivity contribution is -0.116. The third-order valence-electron chi connectivity index (χ3n) is 1.53. The number of hydrogen-bond donors (Lipinski definition) is 2. The van der Waals surface area contributed by atoms with E-state index in [-0.39, 0.29) is 16.6 Å². The maximum Gasteiger partial charge on any atom is 0.267 e. The van der Waals surface area contributed by atoms with Gasteiger partial charge in [0.05, 0.1) is 12.9 Å². The van der Waals surface area contributed by atoms with Crippen LogP contribution in [0.1, 0.15) is 0 Å². The molecule has 0 fully saturated rings. The molecule has 1 aromatic heterocycles. The highest BCUT2D eigenvalue weighted by Gasteiger charge is 2.11. The fourth-order valence-electron chi connectivity index (χ4n) is 0.948. The Kier molecular flexibility index (Phi) is 3.23. The molecule has 0 aliphatic heterocycles. The summed E-state index contributed by atoms with van der Waals surface area (Å²) in [6.07, 6.45) is 1.26. The molecule has 0 aromatic carbocycles. The number of amides is 1. The van der Waals surface area contributed by atoms with Gasteiger partial charge in [0.25, 0.3) is 5.56 Å². The number of rotatable bonds is 3. The summed E-state index contributed by atoms with van der Waals surface area (Å²) >= 11 is 3.07. The first-order valence-corrected chi connectivity index (χ1v) is 4.54. The van der Waals surface area contributed by atoms with Gasteiger partial charge < -0.3 is 15.6 Å². The molecule has 0 spiro atoms. The fourth-order valence-corrected chi connectivity index (χ4v) is 1.47. The van der Waals surface area contributed by atoms with Gasteiger partial charge >= 0.3 is 0 Å². The zero-order chi connectivity index (χ0) is 10.7. The normalized spacial score (nSPS) is 9.86. The second kappa shape index (κ2) is 4.23. The monoisotopic (exact) mass is 260 g/mol. The number of H-pyrrole nitrogens is 1. The van der Waals surface area contributed by atoms with Crippen molar-refractivity contribution < 1.29 is 4.79 Å². The Bertz CT molecular complexity index is 403.